The highest BCUT2D eigenvalue weighted by Gasteiger charge is 2.39. The first-order chi connectivity index (χ1) is 9.43. The fourth-order valence-electron chi connectivity index (χ4n) is 2.22. The van der Waals surface area contributed by atoms with Crippen LogP contribution >= 0.6 is 23.4 Å². The minimum absolute atomic E-state index is 0.00955. The number of carboxylic acids is 1. The summed E-state index contributed by atoms with van der Waals surface area (Å²) in [6.45, 7) is 0.00955. The number of carboxylic acid groups (broad SMARTS) is 1. The summed E-state index contributed by atoms with van der Waals surface area (Å²) in [5.41, 5.74) is 0.263. The predicted octanol–water partition coefficient (Wildman–Crippen LogP) is 1.72. The average Bonchev–Trinajstić information content (AvgIpc) is 2.81. The van der Waals surface area contributed by atoms with Crippen molar-refractivity contribution in [3.05, 3.63) is 28.8 Å². The van der Waals surface area contributed by atoms with Gasteiger partial charge in [-0.1, -0.05) is 11.6 Å². The van der Waals surface area contributed by atoms with Crippen LogP contribution in [0.2, 0.25) is 5.02 Å². The van der Waals surface area contributed by atoms with Gasteiger partial charge in [-0.05, 0) is 24.5 Å². The third kappa shape index (κ3) is 2.92. The molecule has 2 N–H and O–H groups in total. The van der Waals surface area contributed by atoms with Crippen molar-refractivity contribution in [2.24, 2.45) is 0 Å². The molecule has 1 aliphatic heterocycles. The number of carbonyl (C=O) groups excluding carboxylic acids is 1. The standard InChI is InChI=1S/C13H14ClNO4S/c1-20-8-2-3-10(14)9(5-8)12(17)15-6-7(16)4-11(15)13(18)19/h2-3,5,7,11,16H,4,6H2,1H3,(H,18,19)/t7-,11+/m1/s1. The van der Waals surface area contributed by atoms with Gasteiger partial charge in [0.15, 0.2) is 0 Å². The van der Waals surface area contributed by atoms with E-state index in [1.807, 2.05) is 6.26 Å². The van der Waals surface area contributed by atoms with E-state index in [4.69, 9.17) is 16.7 Å². The molecule has 0 saturated carbocycles. The molecule has 1 fully saturated rings. The number of rotatable bonds is 3. The average molecular weight is 316 g/mol. The normalized spacial score (nSPS) is 22.1. The zero-order valence-electron chi connectivity index (χ0n) is 10.7. The number of β-amino-alcohol motifs (C(OH)–C–C–N with tert-alkyl or cyclic N) is 1. The van der Waals surface area contributed by atoms with E-state index in [0.717, 1.165) is 4.90 Å². The molecule has 1 saturated heterocycles. The molecule has 0 aromatic heterocycles. The monoisotopic (exact) mass is 315 g/mol. The van der Waals surface area contributed by atoms with Crippen molar-refractivity contribution in [2.75, 3.05) is 12.8 Å². The molecular formula is C13H14ClNO4S. The van der Waals surface area contributed by atoms with Crippen LogP contribution in [-0.4, -0.2) is 51.9 Å². The maximum absolute atomic E-state index is 12.5. The van der Waals surface area contributed by atoms with Gasteiger partial charge in [0.2, 0.25) is 0 Å². The lowest BCUT2D eigenvalue weighted by Crippen LogP contribution is -2.40. The van der Waals surface area contributed by atoms with Gasteiger partial charge in [0.05, 0.1) is 16.7 Å². The van der Waals surface area contributed by atoms with Crippen molar-refractivity contribution in [1.82, 2.24) is 4.90 Å². The Morgan fingerprint density at radius 1 is 1.45 bits per heavy atom. The number of thioether (sulfide) groups is 1. The fraction of sp³-hybridized carbons (Fsp3) is 0.385. The van der Waals surface area contributed by atoms with Crippen LogP contribution in [0.5, 0.6) is 0 Å². The Bertz CT molecular complexity index is 551. The van der Waals surface area contributed by atoms with E-state index >= 15 is 0 Å². The summed E-state index contributed by atoms with van der Waals surface area (Å²) >= 11 is 7.49. The van der Waals surface area contributed by atoms with Crippen LogP contribution in [0.1, 0.15) is 16.8 Å². The van der Waals surface area contributed by atoms with Crippen molar-refractivity contribution in [2.45, 2.75) is 23.5 Å². The molecule has 1 aromatic rings. The molecule has 1 amide bonds. The van der Waals surface area contributed by atoms with Crippen LogP contribution in [0.15, 0.2) is 23.1 Å². The zero-order chi connectivity index (χ0) is 14.9. The van der Waals surface area contributed by atoms with Gasteiger partial charge in [0.1, 0.15) is 6.04 Å². The summed E-state index contributed by atoms with van der Waals surface area (Å²) in [5.74, 6) is -1.58. The molecule has 7 heteroatoms. The Labute approximate surface area is 125 Å². The highest BCUT2D eigenvalue weighted by molar-refractivity contribution is 7.98. The van der Waals surface area contributed by atoms with Gasteiger partial charge in [-0.25, -0.2) is 4.79 Å². The van der Waals surface area contributed by atoms with Gasteiger partial charge in [0, 0.05) is 17.9 Å². The first-order valence-corrected chi connectivity index (χ1v) is 7.59. The lowest BCUT2D eigenvalue weighted by Gasteiger charge is -2.21. The van der Waals surface area contributed by atoms with E-state index in [1.165, 1.54) is 16.7 Å². The van der Waals surface area contributed by atoms with E-state index in [9.17, 15) is 14.7 Å². The van der Waals surface area contributed by atoms with Gasteiger partial charge in [0.25, 0.3) is 5.91 Å². The first kappa shape index (κ1) is 15.2. The second-order valence-corrected chi connectivity index (χ2v) is 5.83. The van der Waals surface area contributed by atoms with Gasteiger partial charge >= 0.3 is 5.97 Å². The number of benzene rings is 1. The van der Waals surface area contributed by atoms with Crippen LogP contribution in [0.25, 0.3) is 0 Å². The number of hydrogen-bond donors (Lipinski definition) is 2. The number of amides is 1. The number of hydrogen-bond acceptors (Lipinski definition) is 4. The van der Waals surface area contributed by atoms with Crippen molar-refractivity contribution in [3.8, 4) is 0 Å². The molecular weight excluding hydrogens is 302 g/mol. The van der Waals surface area contributed by atoms with E-state index in [2.05, 4.69) is 0 Å². The second-order valence-electron chi connectivity index (χ2n) is 4.55. The lowest BCUT2D eigenvalue weighted by atomic mass is 10.1. The number of aliphatic hydroxyl groups is 1. The van der Waals surface area contributed by atoms with E-state index in [1.54, 1.807) is 18.2 Å². The molecule has 20 heavy (non-hydrogen) atoms. The largest absolute Gasteiger partial charge is 0.480 e. The van der Waals surface area contributed by atoms with Crippen molar-refractivity contribution < 1.29 is 19.8 Å². The number of halogens is 1. The molecule has 1 aromatic carbocycles. The minimum Gasteiger partial charge on any atom is -0.480 e. The highest BCUT2D eigenvalue weighted by Crippen LogP contribution is 2.27. The third-order valence-electron chi connectivity index (χ3n) is 3.23. The molecule has 0 radical (unpaired) electrons. The van der Waals surface area contributed by atoms with Crippen LogP contribution in [-0.2, 0) is 4.79 Å². The summed E-state index contributed by atoms with van der Waals surface area (Å²) < 4.78 is 0. The molecule has 0 bridgehead atoms. The quantitative estimate of drug-likeness (QED) is 0.831. The number of carbonyl (C=O) groups is 2. The number of aliphatic carboxylic acids is 1. The van der Waals surface area contributed by atoms with Gasteiger partial charge in [-0.15, -0.1) is 11.8 Å². The van der Waals surface area contributed by atoms with Gasteiger partial charge in [-0.3, -0.25) is 4.79 Å². The maximum atomic E-state index is 12.5. The number of aliphatic hydroxyl groups excluding tert-OH is 1. The first-order valence-electron chi connectivity index (χ1n) is 5.99. The van der Waals surface area contributed by atoms with Crippen molar-refractivity contribution >= 4 is 35.2 Å². The zero-order valence-corrected chi connectivity index (χ0v) is 12.3. The van der Waals surface area contributed by atoms with Crippen LogP contribution in [0.4, 0.5) is 0 Å². The van der Waals surface area contributed by atoms with E-state index in [-0.39, 0.29) is 23.6 Å². The molecule has 1 aliphatic rings. The topological polar surface area (TPSA) is 77.8 Å². The van der Waals surface area contributed by atoms with Crippen molar-refractivity contribution in [1.29, 1.82) is 0 Å². The Hall–Kier alpha value is -1.24. The SMILES string of the molecule is CSc1ccc(Cl)c(C(=O)N2C[C@H](O)C[C@H]2C(=O)O)c1. The van der Waals surface area contributed by atoms with Crippen LogP contribution in [0, 0.1) is 0 Å². The fourth-order valence-corrected chi connectivity index (χ4v) is 2.86. The summed E-state index contributed by atoms with van der Waals surface area (Å²) in [4.78, 5) is 25.6. The Balaban J connectivity index is 2.33. The Morgan fingerprint density at radius 2 is 2.15 bits per heavy atom. The number of likely N-dealkylation sites (tertiary alicyclic amines) is 1. The van der Waals surface area contributed by atoms with Gasteiger partial charge in [-0.2, -0.15) is 0 Å². The summed E-state index contributed by atoms with van der Waals surface area (Å²) in [6.07, 6.45) is 1.10. The molecule has 5 nitrogen and oxygen atoms in total. The predicted molar refractivity (Wildman–Crippen MR) is 76.3 cm³/mol. The third-order valence-corrected chi connectivity index (χ3v) is 4.28. The van der Waals surface area contributed by atoms with Crippen LogP contribution < -0.4 is 0 Å². The summed E-state index contributed by atoms with van der Waals surface area (Å²) in [7, 11) is 0. The molecule has 108 valence electrons. The summed E-state index contributed by atoms with van der Waals surface area (Å²) in [6, 6.07) is 4.03. The molecule has 1 heterocycles. The highest BCUT2D eigenvalue weighted by atomic mass is 35.5. The maximum Gasteiger partial charge on any atom is 0.326 e. The van der Waals surface area contributed by atoms with Crippen LogP contribution in [0.3, 0.4) is 0 Å². The van der Waals surface area contributed by atoms with E-state index < -0.39 is 24.0 Å². The van der Waals surface area contributed by atoms with Crippen molar-refractivity contribution in [3.63, 3.8) is 0 Å². The molecule has 0 unspecified atom stereocenters. The van der Waals surface area contributed by atoms with Gasteiger partial charge < -0.3 is 15.1 Å². The lowest BCUT2D eigenvalue weighted by molar-refractivity contribution is -0.141. The minimum atomic E-state index is -1.12. The molecule has 2 rings (SSSR count). The molecule has 0 spiro atoms. The Morgan fingerprint density at radius 3 is 2.75 bits per heavy atom. The number of nitrogens with zero attached hydrogens (tertiary/aromatic N) is 1. The summed E-state index contributed by atoms with van der Waals surface area (Å²) in [5, 5.41) is 19.0. The molecule has 0 aliphatic carbocycles. The Kier molecular flexibility index (Phi) is 4.57. The second kappa shape index (κ2) is 6.03. The van der Waals surface area contributed by atoms with E-state index in [0.29, 0.717) is 0 Å². The molecule has 2 atom stereocenters. The smallest absolute Gasteiger partial charge is 0.326 e.